The fourth-order valence-electron chi connectivity index (χ4n) is 3.46. The number of amides is 1. The third-order valence-corrected chi connectivity index (χ3v) is 6.79. The molecule has 29 heavy (non-hydrogen) atoms. The van der Waals surface area contributed by atoms with Gasteiger partial charge in [-0.1, -0.05) is 41.7 Å². The fourth-order valence-corrected chi connectivity index (χ4v) is 5.46. The third-order valence-electron chi connectivity index (χ3n) is 4.66. The number of thiazole rings is 2. The van der Waals surface area contributed by atoms with E-state index in [1.54, 1.807) is 11.3 Å². The molecule has 0 aliphatic carbocycles. The van der Waals surface area contributed by atoms with E-state index < -0.39 is 0 Å². The molecule has 0 saturated heterocycles. The van der Waals surface area contributed by atoms with Crippen LogP contribution >= 0.6 is 22.7 Å². The van der Waals surface area contributed by atoms with Crippen molar-refractivity contribution in [2.75, 3.05) is 11.9 Å². The Balaban J connectivity index is 1.58. The number of hydrogen-bond acceptors (Lipinski definition) is 6. The van der Waals surface area contributed by atoms with E-state index in [1.165, 1.54) is 11.3 Å². The predicted octanol–water partition coefficient (Wildman–Crippen LogP) is 6.02. The van der Waals surface area contributed by atoms with Gasteiger partial charge in [0.2, 0.25) is 0 Å². The molecule has 5 rings (SSSR count). The molecule has 1 amide bonds. The maximum atomic E-state index is 13.2. The molecule has 0 unspecified atom stereocenters. The SMILES string of the molecule is CCOc1ccc2ccccc2c1C(=O)Nc1nc2ccc3nc(C)sc3c2s1. The summed E-state index contributed by atoms with van der Waals surface area (Å²) in [6.45, 7) is 4.39. The summed E-state index contributed by atoms with van der Waals surface area (Å²) < 4.78 is 7.90. The zero-order valence-corrected chi connectivity index (χ0v) is 17.5. The largest absolute Gasteiger partial charge is 0.493 e. The molecule has 7 heteroatoms. The highest BCUT2D eigenvalue weighted by molar-refractivity contribution is 7.28. The normalized spacial score (nSPS) is 11.4. The van der Waals surface area contributed by atoms with Gasteiger partial charge in [0.15, 0.2) is 5.13 Å². The van der Waals surface area contributed by atoms with Crippen LogP contribution < -0.4 is 10.1 Å². The summed E-state index contributed by atoms with van der Waals surface area (Å²) in [7, 11) is 0. The number of nitrogens with one attached hydrogen (secondary N) is 1. The Morgan fingerprint density at radius 3 is 2.59 bits per heavy atom. The molecule has 0 atom stereocenters. The van der Waals surface area contributed by atoms with Crippen LogP contribution in [0.5, 0.6) is 5.75 Å². The number of hydrogen-bond donors (Lipinski definition) is 1. The first-order chi connectivity index (χ1) is 14.1. The van der Waals surface area contributed by atoms with Gasteiger partial charge in [0.05, 0.1) is 37.6 Å². The lowest BCUT2D eigenvalue weighted by Crippen LogP contribution is -2.14. The highest BCUT2D eigenvalue weighted by atomic mass is 32.1. The van der Waals surface area contributed by atoms with Crippen LogP contribution in [0.25, 0.3) is 31.2 Å². The molecule has 2 heterocycles. The Bertz CT molecular complexity index is 1390. The van der Waals surface area contributed by atoms with E-state index in [0.717, 1.165) is 36.2 Å². The number of fused-ring (bicyclic) bond motifs is 4. The Morgan fingerprint density at radius 1 is 1.00 bits per heavy atom. The highest BCUT2D eigenvalue weighted by Gasteiger charge is 2.19. The molecule has 0 fully saturated rings. The minimum absolute atomic E-state index is 0.221. The van der Waals surface area contributed by atoms with Crippen LogP contribution in [0.15, 0.2) is 48.5 Å². The summed E-state index contributed by atoms with van der Waals surface area (Å²) in [5.74, 6) is 0.353. The van der Waals surface area contributed by atoms with E-state index in [-0.39, 0.29) is 5.91 Å². The molecular weight excluding hydrogens is 402 g/mol. The van der Waals surface area contributed by atoms with Gasteiger partial charge in [-0.05, 0) is 42.8 Å². The van der Waals surface area contributed by atoms with Gasteiger partial charge in [-0.2, -0.15) is 0 Å². The monoisotopic (exact) mass is 419 g/mol. The quantitative estimate of drug-likeness (QED) is 0.387. The molecule has 0 bridgehead atoms. The second-order valence-corrected chi connectivity index (χ2v) is 8.76. The molecule has 5 nitrogen and oxygen atoms in total. The standard InChI is InChI=1S/C22H17N3O2S2/c1-3-27-17-11-8-13-6-4-5-7-14(13)18(17)21(26)25-22-24-16-10-9-15-19(20(16)29-22)28-12(2)23-15/h4-11H,3H2,1-2H3,(H,24,25,26). The first-order valence-corrected chi connectivity index (χ1v) is 10.9. The van der Waals surface area contributed by atoms with Gasteiger partial charge in [0.25, 0.3) is 5.91 Å². The summed E-state index contributed by atoms with van der Waals surface area (Å²) in [5.41, 5.74) is 2.36. The molecule has 3 aromatic carbocycles. The van der Waals surface area contributed by atoms with Crippen molar-refractivity contribution in [3.63, 3.8) is 0 Å². The Labute approximate surface area is 175 Å². The molecule has 144 valence electrons. The van der Waals surface area contributed by atoms with Crippen molar-refractivity contribution >= 4 is 64.9 Å². The number of nitrogens with zero attached hydrogens (tertiary/aromatic N) is 2. The average Bonchev–Trinajstić information content (AvgIpc) is 3.29. The van der Waals surface area contributed by atoms with Gasteiger partial charge in [-0.15, -0.1) is 11.3 Å². The fraction of sp³-hybridized carbons (Fsp3) is 0.136. The van der Waals surface area contributed by atoms with Crippen LogP contribution in [0.3, 0.4) is 0 Å². The van der Waals surface area contributed by atoms with Crippen molar-refractivity contribution in [3.8, 4) is 5.75 Å². The van der Waals surface area contributed by atoms with Crippen molar-refractivity contribution in [2.45, 2.75) is 13.8 Å². The van der Waals surface area contributed by atoms with Gasteiger partial charge in [-0.3, -0.25) is 10.1 Å². The Kier molecular flexibility index (Phi) is 4.41. The first kappa shape index (κ1) is 18.0. The third kappa shape index (κ3) is 3.12. The van der Waals surface area contributed by atoms with Gasteiger partial charge < -0.3 is 4.74 Å². The molecule has 0 spiro atoms. The van der Waals surface area contributed by atoms with Crippen molar-refractivity contribution < 1.29 is 9.53 Å². The Morgan fingerprint density at radius 2 is 1.76 bits per heavy atom. The van der Waals surface area contributed by atoms with Gasteiger partial charge in [0.1, 0.15) is 5.75 Å². The van der Waals surface area contributed by atoms with Crippen LogP contribution in [-0.4, -0.2) is 22.5 Å². The number of anilines is 1. The summed E-state index contributed by atoms with van der Waals surface area (Å²) in [6.07, 6.45) is 0. The van der Waals surface area contributed by atoms with Crippen LogP contribution in [0.2, 0.25) is 0 Å². The van der Waals surface area contributed by atoms with Crippen molar-refractivity contribution in [1.29, 1.82) is 0 Å². The predicted molar refractivity (Wildman–Crippen MR) is 121 cm³/mol. The molecule has 0 aliphatic heterocycles. The lowest BCUT2D eigenvalue weighted by Gasteiger charge is -2.12. The zero-order chi connectivity index (χ0) is 20.0. The molecule has 0 saturated carbocycles. The van der Waals surface area contributed by atoms with Crippen molar-refractivity contribution in [3.05, 3.63) is 59.1 Å². The number of aromatic nitrogens is 2. The van der Waals surface area contributed by atoms with E-state index >= 15 is 0 Å². The van der Waals surface area contributed by atoms with E-state index in [4.69, 9.17) is 4.74 Å². The number of rotatable bonds is 4. The van der Waals surface area contributed by atoms with Crippen molar-refractivity contribution in [1.82, 2.24) is 9.97 Å². The molecular formula is C22H17N3O2S2. The molecule has 0 radical (unpaired) electrons. The molecule has 5 aromatic rings. The lowest BCUT2D eigenvalue weighted by atomic mass is 10.0. The maximum Gasteiger partial charge on any atom is 0.261 e. The molecule has 2 aromatic heterocycles. The summed E-state index contributed by atoms with van der Waals surface area (Å²) >= 11 is 3.12. The number of benzene rings is 3. The van der Waals surface area contributed by atoms with Crippen LogP contribution in [0.1, 0.15) is 22.3 Å². The number of aryl methyl sites for hydroxylation is 1. The number of carbonyl (C=O) groups is 1. The van der Waals surface area contributed by atoms with Gasteiger partial charge in [0, 0.05) is 0 Å². The van der Waals surface area contributed by atoms with Gasteiger partial charge >= 0.3 is 0 Å². The van der Waals surface area contributed by atoms with Gasteiger partial charge in [-0.25, -0.2) is 9.97 Å². The van der Waals surface area contributed by atoms with E-state index in [9.17, 15) is 4.79 Å². The van der Waals surface area contributed by atoms with E-state index in [0.29, 0.717) is 23.1 Å². The van der Waals surface area contributed by atoms with E-state index in [1.807, 2.05) is 62.4 Å². The summed E-state index contributed by atoms with van der Waals surface area (Å²) in [5, 5.41) is 6.42. The second kappa shape index (κ2) is 7.09. The topological polar surface area (TPSA) is 64.1 Å². The van der Waals surface area contributed by atoms with Crippen LogP contribution in [0.4, 0.5) is 5.13 Å². The van der Waals surface area contributed by atoms with Crippen LogP contribution in [-0.2, 0) is 0 Å². The zero-order valence-electron chi connectivity index (χ0n) is 15.9. The lowest BCUT2D eigenvalue weighted by molar-refractivity contribution is 0.102. The number of carbonyl (C=O) groups excluding carboxylic acids is 1. The summed E-state index contributed by atoms with van der Waals surface area (Å²) in [4.78, 5) is 22.4. The van der Waals surface area contributed by atoms with Crippen molar-refractivity contribution in [2.24, 2.45) is 0 Å². The molecule has 1 N–H and O–H groups in total. The minimum atomic E-state index is -0.221. The molecule has 0 aliphatic rings. The smallest absolute Gasteiger partial charge is 0.261 e. The van der Waals surface area contributed by atoms with Crippen LogP contribution in [0, 0.1) is 6.92 Å². The average molecular weight is 420 g/mol. The first-order valence-electron chi connectivity index (χ1n) is 9.26. The second-order valence-electron chi connectivity index (χ2n) is 6.56. The number of ether oxygens (including phenoxy) is 1. The minimum Gasteiger partial charge on any atom is -0.493 e. The van der Waals surface area contributed by atoms with E-state index in [2.05, 4.69) is 15.3 Å². The maximum absolute atomic E-state index is 13.2. The summed E-state index contributed by atoms with van der Waals surface area (Å²) in [6, 6.07) is 15.6. The Hall–Kier alpha value is -3.03. The highest BCUT2D eigenvalue weighted by Crippen LogP contribution is 2.36.